The van der Waals surface area contributed by atoms with E-state index >= 15 is 0 Å². The van der Waals surface area contributed by atoms with Crippen molar-refractivity contribution < 1.29 is 19.1 Å². The van der Waals surface area contributed by atoms with Gasteiger partial charge in [-0.15, -0.1) is 0 Å². The monoisotopic (exact) mass is 352 g/mol. The molecule has 0 radical (unpaired) electrons. The van der Waals surface area contributed by atoms with Crippen LogP contribution in [-0.2, 0) is 9.59 Å². The van der Waals surface area contributed by atoms with Gasteiger partial charge < -0.3 is 20.1 Å². The third-order valence-corrected chi connectivity index (χ3v) is 3.72. The SMILES string of the molecule is CC(=O)N/C(=C\c1ccccc1)C(=O)NCC1COc2ccccc2O1. The summed E-state index contributed by atoms with van der Waals surface area (Å²) >= 11 is 0. The Morgan fingerprint density at radius 2 is 1.77 bits per heavy atom. The van der Waals surface area contributed by atoms with Crippen LogP contribution in [0.3, 0.4) is 0 Å². The molecule has 2 aromatic carbocycles. The Morgan fingerprint density at radius 1 is 1.08 bits per heavy atom. The number of nitrogens with one attached hydrogen (secondary N) is 2. The van der Waals surface area contributed by atoms with Crippen LogP contribution in [0.1, 0.15) is 12.5 Å². The van der Waals surface area contributed by atoms with Crippen molar-refractivity contribution in [2.45, 2.75) is 13.0 Å². The smallest absolute Gasteiger partial charge is 0.267 e. The van der Waals surface area contributed by atoms with Crippen LogP contribution in [0.4, 0.5) is 0 Å². The maximum absolute atomic E-state index is 12.5. The Hall–Kier alpha value is -3.28. The maximum atomic E-state index is 12.5. The molecule has 1 aliphatic heterocycles. The molecule has 0 aromatic heterocycles. The van der Waals surface area contributed by atoms with Gasteiger partial charge in [0.05, 0.1) is 6.54 Å². The van der Waals surface area contributed by atoms with E-state index in [1.165, 1.54) is 6.92 Å². The minimum atomic E-state index is -0.383. The van der Waals surface area contributed by atoms with Gasteiger partial charge >= 0.3 is 0 Å². The molecule has 1 atom stereocenters. The van der Waals surface area contributed by atoms with Crippen LogP contribution in [0.25, 0.3) is 6.08 Å². The molecule has 1 heterocycles. The fourth-order valence-electron chi connectivity index (χ4n) is 2.53. The van der Waals surface area contributed by atoms with Crippen LogP contribution in [0.2, 0.25) is 0 Å². The van der Waals surface area contributed by atoms with Crippen molar-refractivity contribution >= 4 is 17.9 Å². The van der Waals surface area contributed by atoms with Crippen molar-refractivity contribution in [3.63, 3.8) is 0 Å². The molecule has 1 unspecified atom stereocenters. The lowest BCUT2D eigenvalue weighted by molar-refractivity contribution is -0.122. The van der Waals surface area contributed by atoms with E-state index in [0.29, 0.717) is 18.1 Å². The van der Waals surface area contributed by atoms with Crippen molar-refractivity contribution in [3.05, 3.63) is 65.9 Å². The minimum absolute atomic E-state index is 0.181. The molecule has 3 rings (SSSR count). The summed E-state index contributed by atoms with van der Waals surface area (Å²) in [5.74, 6) is 0.651. The summed E-state index contributed by atoms with van der Waals surface area (Å²) in [7, 11) is 0. The number of carbonyl (C=O) groups is 2. The second-order valence-corrected chi connectivity index (χ2v) is 5.86. The predicted octanol–water partition coefficient (Wildman–Crippen LogP) is 2.12. The van der Waals surface area contributed by atoms with Crippen LogP contribution < -0.4 is 20.1 Å². The highest BCUT2D eigenvalue weighted by atomic mass is 16.6. The molecular weight excluding hydrogens is 332 g/mol. The molecule has 134 valence electrons. The first-order chi connectivity index (χ1) is 12.6. The van der Waals surface area contributed by atoms with Crippen molar-refractivity contribution in [2.75, 3.05) is 13.2 Å². The third-order valence-electron chi connectivity index (χ3n) is 3.72. The molecule has 1 aliphatic rings. The van der Waals surface area contributed by atoms with Crippen LogP contribution in [0.15, 0.2) is 60.3 Å². The summed E-state index contributed by atoms with van der Waals surface area (Å²) in [5, 5.41) is 5.35. The van der Waals surface area contributed by atoms with Gasteiger partial charge in [0.1, 0.15) is 18.4 Å². The fourth-order valence-corrected chi connectivity index (χ4v) is 2.53. The summed E-state index contributed by atoms with van der Waals surface area (Å²) in [6.45, 7) is 1.97. The summed E-state index contributed by atoms with van der Waals surface area (Å²) < 4.78 is 11.4. The third kappa shape index (κ3) is 4.63. The van der Waals surface area contributed by atoms with Crippen LogP contribution in [0, 0.1) is 0 Å². The zero-order valence-electron chi connectivity index (χ0n) is 14.4. The first kappa shape index (κ1) is 17.5. The number of para-hydroxylation sites is 2. The summed E-state index contributed by atoms with van der Waals surface area (Å²) in [4.78, 5) is 23.9. The lowest BCUT2D eigenvalue weighted by Crippen LogP contribution is -2.43. The number of hydrogen-bond acceptors (Lipinski definition) is 4. The van der Waals surface area contributed by atoms with Gasteiger partial charge in [-0.25, -0.2) is 0 Å². The number of hydrogen-bond donors (Lipinski definition) is 2. The van der Waals surface area contributed by atoms with E-state index in [4.69, 9.17) is 9.47 Å². The summed E-state index contributed by atoms with van der Waals surface area (Å²) in [6.07, 6.45) is 1.33. The number of ether oxygens (including phenoxy) is 2. The Morgan fingerprint density at radius 3 is 2.50 bits per heavy atom. The molecule has 0 bridgehead atoms. The van der Waals surface area contributed by atoms with Crippen molar-refractivity contribution in [1.82, 2.24) is 10.6 Å². The molecule has 0 saturated heterocycles. The van der Waals surface area contributed by atoms with Crippen LogP contribution in [-0.4, -0.2) is 31.1 Å². The molecule has 2 aromatic rings. The second kappa shape index (κ2) is 8.20. The number of rotatable bonds is 5. The van der Waals surface area contributed by atoms with Crippen molar-refractivity contribution in [2.24, 2.45) is 0 Å². The standard InChI is InChI=1S/C20H20N2O4/c1-14(23)22-17(11-15-7-3-2-4-8-15)20(24)21-12-16-13-25-18-9-5-6-10-19(18)26-16/h2-11,16H,12-13H2,1H3,(H,21,24)(H,22,23)/b17-11-. The van der Waals surface area contributed by atoms with Gasteiger partial charge in [0, 0.05) is 6.92 Å². The first-order valence-corrected chi connectivity index (χ1v) is 8.33. The van der Waals surface area contributed by atoms with Gasteiger partial charge in [-0.1, -0.05) is 42.5 Å². The van der Waals surface area contributed by atoms with E-state index in [-0.39, 0.29) is 30.2 Å². The number of fused-ring (bicyclic) bond motifs is 1. The molecule has 2 N–H and O–H groups in total. The molecule has 6 nitrogen and oxygen atoms in total. The Bertz CT molecular complexity index is 818. The van der Waals surface area contributed by atoms with Crippen LogP contribution >= 0.6 is 0 Å². The lowest BCUT2D eigenvalue weighted by atomic mass is 10.2. The quantitative estimate of drug-likeness (QED) is 0.808. The molecule has 0 saturated carbocycles. The number of carbonyl (C=O) groups excluding carboxylic acids is 2. The zero-order chi connectivity index (χ0) is 18.4. The Balaban J connectivity index is 1.63. The van der Waals surface area contributed by atoms with Gasteiger partial charge in [-0.05, 0) is 23.8 Å². The highest BCUT2D eigenvalue weighted by Crippen LogP contribution is 2.30. The Kier molecular flexibility index (Phi) is 5.53. The highest BCUT2D eigenvalue weighted by Gasteiger charge is 2.22. The highest BCUT2D eigenvalue weighted by molar-refractivity contribution is 6.00. The van der Waals surface area contributed by atoms with E-state index < -0.39 is 0 Å². The molecule has 0 spiro atoms. The van der Waals surface area contributed by atoms with E-state index in [2.05, 4.69) is 10.6 Å². The summed E-state index contributed by atoms with van der Waals surface area (Å²) in [6, 6.07) is 16.7. The largest absolute Gasteiger partial charge is 0.486 e. The van der Waals surface area contributed by atoms with E-state index in [0.717, 1.165) is 5.56 Å². The summed E-state index contributed by atoms with van der Waals surface area (Å²) in [5.41, 5.74) is 0.999. The van der Waals surface area contributed by atoms with Gasteiger partial charge in [0.25, 0.3) is 5.91 Å². The average molecular weight is 352 g/mol. The van der Waals surface area contributed by atoms with E-state index in [9.17, 15) is 9.59 Å². The zero-order valence-corrected chi connectivity index (χ0v) is 14.4. The normalized spacial score (nSPS) is 15.9. The molecule has 0 aliphatic carbocycles. The van der Waals surface area contributed by atoms with Gasteiger partial charge in [0.2, 0.25) is 5.91 Å². The van der Waals surface area contributed by atoms with Gasteiger partial charge in [-0.3, -0.25) is 9.59 Å². The van der Waals surface area contributed by atoms with Gasteiger partial charge in [0.15, 0.2) is 11.5 Å². The van der Waals surface area contributed by atoms with Crippen molar-refractivity contribution in [1.29, 1.82) is 0 Å². The molecule has 6 heteroatoms. The van der Waals surface area contributed by atoms with Crippen LogP contribution in [0.5, 0.6) is 11.5 Å². The molecular formula is C20H20N2O4. The van der Waals surface area contributed by atoms with E-state index in [1.807, 2.05) is 54.6 Å². The second-order valence-electron chi connectivity index (χ2n) is 5.86. The van der Waals surface area contributed by atoms with Gasteiger partial charge in [-0.2, -0.15) is 0 Å². The number of amides is 2. The lowest BCUT2D eigenvalue weighted by Gasteiger charge is -2.26. The predicted molar refractivity (Wildman–Crippen MR) is 97.6 cm³/mol. The topological polar surface area (TPSA) is 76.7 Å². The van der Waals surface area contributed by atoms with Crippen molar-refractivity contribution in [3.8, 4) is 11.5 Å². The maximum Gasteiger partial charge on any atom is 0.267 e. The molecule has 2 amide bonds. The fraction of sp³-hybridized carbons (Fsp3) is 0.200. The molecule has 0 fully saturated rings. The minimum Gasteiger partial charge on any atom is -0.486 e. The average Bonchev–Trinajstić information content (AvgIpc) is 2.66. The Labute approximate surface area is 151 Å². The molecule has 26 heavy (non-hydrogen) atoms. The van der Waals surface area contributed by atoms with E-state index in [1.54, 1.807) is 6.08 Å². The number of benzene rings is 2. The first-order valence-electron chi connectivity index (χ1n) is 8.33.